The van der Waals surface area contributed by atoms with Crippen molar-refractivity contribution in [3.05, 3.63) is 89.3 Å². The summed E-state index contributed by atoms with van der Waals surface area (Å²) in [5, 5.41) is 10.5. The van der Waals surface area contributed by atoms with Crippen LogP contribution < -0.4 is 0 Å². The Morgan fingerprint density at radius 1 is 1.00 bits per heavy atom. The number of nitrogens with zero attached hydrogens (tertiary/aromatic N) is 2. The molecule has 0 saturated heterocycles. The Hall–Kier alpha value is -3.17. The molecule has 0 amide bonds. The van der Waals surface area contributed by atoms with Gasteiger partial charge in [0.2, 0.25) is 0 Å². The molecule has 4 aromatic rings. The number of rotatable bonds is 7. The van der Waals surface area contributed by atoms with Crippen molar-refractivity contribution in [1.29, 1.82) is 0 Å². The summed E-state index contributed by atoms with van der Waals surface area (Å²) in [7, 11) is 0. The number of aryl methyl sites for hydroxylation is 2. The molecular formula is C29H32N2O. The minimum absolute atomic E-state index is 0.0202. The second-order valence-corrected chi connectivity index (χ2v) is 8.53. The van der Waals surface area contributed by atoms with Crippen LogP contribution in [0, 0.1) is 0 Å². The summed E-state index contributed by atoms with van der Waals surface area (Å²) in [6.07, 6.45) is 9.87. The number of benzene rings is 2. The quantitative estimate of drug-likeness (QED) is 0.349. The number of aliphatic hydroxyl groups excluding tert-OH is 1. The molecule has 0 radical (unpaired) electrons. The van der Waals surface area contributed by atoms with Crippen molar-refractivity contribution in [2.24, 2.45) is 0 Å². The van der Waals surface area contributed by atoms with Gasteiger partial charge in [0.15, 0.2) is 0 Å². The molecule has 0 spiro atoms. The second-order valence-electron chi connectivity index (χ2n) is 8.53. The molecule has 0 unspecified atom stereocenters. The van der Waals surface area contributed by atoms with Gasteiger partial charge in [-0.05, 0) is 53.6 Å². The molecule has 164 valence electrons. The maximum Gasteiger partial charge on any atom is 0.0719 e. The SMILES string of the molecule is CCc1cccc(CC)c1-c1cc2c(C=CCO)cn(-c3ccc(C(C)C)cc3)c2cn1. The Morgan fingerprint density at radius 2 is 1.69 bits per heavy atom. The summed E-state index contributed by atoms with van der Waals surface area (Å²) < 4.78 is 2.19. The van der Waals surface area contributed by atoms with Crippen LogP contribution in [0.4, 0.5) is 0 Å². The molecule has 0 aliphatic carbocycles. The zero-order valence-electron chi connectivity index (χ0n) is 19.5. The van der Waals surface area contributed by atoms with Gasteiger partial charge in [-0.15, -0.1) is 0 Å². The lowest BCUT2D eigenvalue weighted by Gasteiger charge is -2.13. The summed E-state index contributed by atoms with van der Waals surface area (Å²) in [5.74, 6) is 0.504. The van der Waals surface area contributed by atoms with Crippen LogP contribution in [0.5, 0.6) is 0 Å². The third-order valence-corrected chi connectivity index (χ3v) is 6.22. The van der Waals surface area contributed by atoms with E-state index >= 15 is 0 Å². The Labute approximate surface area is 191 Å². The molecule has 3 heteroatoms. The number of aliphatic hydroxyl groups is 1. The van der Waals surface area contributed by atoms with E-state index in [9.17, 15) is 5.11 Å². The van der Waals surface area contributed by atoms with Crippen LogP contribution in [0.3, 0.4) is 0 Å². The fraction of sp³-hybridized carbons (Fsp3) is 0.276. The minimum atomic E-state index is 0.0202. The zero-order valence-corrected chi connectivity index (χ0v) is 19.5. The number of hydrogen-bond acceptors (Lipinski definition) is 2. The Kier molecular flexibility index (Phi) is 6.57. The van der Waals surface area contributed by atoms with Gasteiger partial charge < -0.3 is 9.67 Å². The first kappa shape index (κ1) is 22.0. The molecule has 0 fully saturated rings. The number of pyridine rings is 1. The van der Waals surface area contributed by atoms with Crippen LogP contribution in [0.15, 0.2) is 67.0 Å². The standard InChI is InChI=1S/C29H32N2O/c1-5-21-9-7-10-22(6-2)29(21)27-17-26-24(11-8-16-32)19-31(28(26)18-30-27)25-14-12-23(13-15-25)20(3)4/h7-15,17-20,32H,5-6,16H2,1-4H3. The van der Waals surface area contributed by atoms with Gasteiger partial charge in [-0.3, -0.25) is 4.98 Å². The fourth-order valence-corrected chi connectivity index (χ4v) is 4.40. The molecule has 3 nitrogen and oxygen atoms in total. The van der Waals surface area contributed by atoms with Crippen molar-refractivity contribution in [3.63, 3.8) is 0 Å². The molecule has 2 heterocycles. The highest BCUT2D eigenvalue weighted by Crippen LogP contribution is 2.33. The van der Waals surface area contributed by atoms with Crippen molar-refractivity contribution in [3.8, 4) is 16.9 Å². The third kappa shape index (κ3) is 4.13. The molecule has 4 rings (SSSR count). The highest BCUT2D eigenvalue weighted by Gasteiger charge is 2.15. The predicted octanol–water partition coefficient (Wildman–Crippen LogP) is 6.95. The molecule has 2 aromatic heterocycles. The van der Waals surface area contributed by atoms with Crippen molar-refractivity contribution < 1.29 is 5.11 Å². The van der Waals surface area contributed by atoms with Crippen LogP contribution in [-0.4, -0.2) is 21.3 Å². The Balaban J connectivity index is 1.91. The highest BCUT2D eigenvalue weighted by molar-refractivity contribution is 5.93. The molecule has 1 N–H and O–H groups in total. The maximum atomic E-state index is 9.37. The van der Waals surface area contributed by atoms with Gasteiger partial charge in [0, 0.05) is 28.4 Å². The molecule has 0 bridgehead atoms. The average Bonchev–Trinajstić information content (AvgIpc) is 3.19. The molecule has 2 aromatic carbocycles. The van der Waals surface area contributed by atoms with Crippen LogP contribution in [0.2, 0.25) is 0 Å². The van der Waals surface area contributed by atoms with E-state index in [1.165, 1.54) is 22.3 Å². The van der Waals surface area contributed by atoms with Gasteiger partial charge in [-0.25, -0.2) is 0 Å². The third-order valence-electron chi connectivity index (χ3n) is 6.22. The van der Waals surface area contributed by atoms with Crippen LogP contribution in [-0.2, 0) is 12.8 Å². The number of fused-ring (bicyclic) bond motifs is 1. The first-order chi connectivity index (χ1) is 15.6. The lowest BCUT2D eigenvalue weighted by Crippen LogP contribution is -1.97. The molecule has 0 atom stereocenters. The van der Waals surface area contributed by atoms with Gasteiger partial charge in [-0.2, -0.15) is 0 Å². The maximum absolute atomic E-state index is 9.37. The normalized spacial score (nSPS) is 11.8. The molecule has 0 aliphatic rings. The Bertz CT molecular complexity index is 1220. The van der Waals surface area contributed by atoms with E-state index in [1.807, 2.05) is 12.3 Å². The van der Waals surface area contributed by atoms with E-state index in [0.29, 0.717) is 5.92 Å². The topological polar surface area (TPSA) is 38.0 Å². The van der Waals surface area contributed by atoms with Crippen molar-refractivity contribution in [1.82, 2.24) is 9.55 Å². The molecule has 0 aliphatic heterocycles. The molecule has 0 saturated carbocycles. The first-order valence-electron chi connectivity index (χ1n) is 11.6. The van der Waals surface area contributed by atoms with Gasteiger partial charge in [0.25, 0.3) is 0 Å². The van der Waals surface area contributed by atoms with E-state index < -0.39 is 0 Å². The van der Waals surface area contributed by atoms with Crippen LogP contribution in [0.1, 0.15) is 55.9 Å². The largest absolute Gasteiger partial charge is 0.392 e. The van der Waals surface area contributed by atoms with Crippen molar-refractivity contribution in [2.45, 2.75) is 46.5 Å². The van der Waals surface area contributed by atoms with Gasteiger partial charge in [0.05, 0.1) is 24.0 Å². The highest BCUT2D eigenvalue weighted by atomic mass is 16.2. The summed E-state index contributed by atoms with van der Waals surface area (Å²) >= 11 is 0. The summed E-state index contributed by atoms with van der Waals surface area (Å²) in [6.45, 7) is 8.84. The van der Waals surface area contributed by atoms with Gasteiger partial charge in [-0.1, -0.05) is 70.2 Å². The van der Waals surface area contributed by atoms with E-state index in [0.717, 1.165) is 40.7 Å². The average molecular weight is 425 g/mol. The number of hydrogen-bond donors (Lipinski definition) is 1. The Morgan fingerprint density at radius 3 is 2.28 bits per heavy atom. The van der Waals surface area contributed by atoms with Crippen LogP contribution >= 0.6 is 0 Å². The summed E-state index contributed by atoms with van der Waals surface area (Å²) in [6, 6.07) is 17.5. The smallest absolute Gasteiger partial charge is 0.0719 e. The lowest BCUT2D eigenvalue weighted by molar-refractivity contribution is 0.343. The van der Waals surface area contributed by atoms with Gasteiger partial charge in [0.1, 0.15) is 0 Å². The first-order valence-corrected chi connectivity index (χ1v) is 11.6. The number of aromatic nitrogens is 2. The minimum Gasteiger partial charge on any atom is -0.392 e. The lowest BCUT2D eigenvalue weighted by atomic mass is 9.94. The van der Waals surface area contributed by atoms with Crippen LogP contribution in [0.25, 0.3) is 33.9 Å². The summed E-state index contributed by atoms with van der Waals surface area (Å²) in [4.78, 5) is 4.93. The van der Waals surface area contributed by atoms with Crippen molar-refractivity contribution in [2.75, 3.05) is 6.61 Å². The zero-order chi connectivity index (χ0) is 22.7. The van der Waals surface area contributed by atoms with Gasteiger partial charge >= 0.3 is 0 Å². The second kappa shape index (κ2) is 9.54. The molecule has 32 heavy (non-hydrogen) atoms. The van der Waals surface area contributed by atoms with Crippen molar-refractivity contribution >= 4 is 17.0 Å². The summed E-state index contributed by atoms with van der Waals surface area (Å²) in [5.41, 5.74) is 9.51. The predicted molar refractivity (Wildman–Crippen MR) is 135 cm³/mol. The fourth-order valence-electron chi connectivity index (χ4n) is 4.40. The molecular weight excluding hydrogens is 392 g/mol. The van der Waals surface area contributed by atoms with E-state index in [-0.39, 0.29) is 6.61 Å². The van der Waals surface area contributed by atoms with E-state index in [1.54, 1.807) is 6.08 Å². The van der Waals surface area contributed by atoms with E-state index in [2.05, 4.69) is 87.0 Å². The monoisotopic (exact) mass is 424 g/mol. The van der Waals surface area contributed by atoms with E-state index in [4.69, 9.17) is 4.98 Å².